The molecule has 0 aliphatic heterocycles. The predicted octanol–water partition coefficient (Wildman–Crippen LogP) is -0.422. The van der Waals surface area contributed by atoms with Gasteiger partial charge in [0.15, 0.2) is 5.96 Å². The summed E-state index contributed by atoms with van der Waals surface area (Å²) in [6.07, 6.45) is 2.29. The fraction of sp³-hybridized carbons (Fsp3) is 0.778. The fourth-order valence-electron chi connectivity index (χ4n) is 1.01. The summed E-state index contributed by atoms with van der Waals surface area (Å²) in [4.78, 5) is 15.1. The van der Waals surface area contributed by atoms with Gasteiger partial charge < -0.3 is 16.4 Å². The van der Waals surface area contributed by atoms with Crippen molar-refractivity contribution in [2.45, 2.75) is 38.8 Å². The average Bonchev–Trinajstić information content (AvgIpc) is 2.83. The fourth-order valence-corrected chi connectivity index (χ4v) is 1.01. The first-order valence-electron chi connectivity index (χ1n) is 4.93. The van der Waals surface area contributed by atoms with E-state index < -0.39 is 0 Å². The number of nitrogens with two attached hydrogens (primary N) is 1. The van der Waals surface area contributed by atoms with E-state index in [-0.39, 0.29) is 18.5 Å². The van der Waals surface area contributed by atoms with Gasteiger partial charge in [0.2, 0.25) is 5.91 Å². The summed E-state index contributed by atoms with van der Waals surface area (Å²) in [5.41, 5.74) is 5.55. The van der Waals surface area contributed by atoms with Crippen molar-refractivity contribution in [2.24, 2.45) is 10.7 Å². The van der Waals surface area contributed by atoms with Crippen LogP contribution >= 0.6 is 0 Å². The number of carbonyl (C=O) groups excluding carboxylic acids is 1. The molecule has 1 aliphatic carbocycles. The Morgan fingerprint density at radius 1 is 1.57 bits per heavy atom. The van der Waals surface area contributed by atoms with Crippen molar-refractivity contribution in [2.75, 3.05) is 6.54 Å². The highest BCUT2D eigenvalue weighted by Gasteiger charge is 2.21. The van der Waals surface area contributed by atoms with E-state index in [1.54, 1.807) is 0 Å². The first-order valence-corrected chi connectivity index (χ1v) is 4.93. The highest BCUT2D eigenvalue weighted by Crippen LogP contribution is 2.17. The SMILES string of the molecule is CC(C)NC(=O)CN=C(N)NC1CC1. The molecule has 4 N–H and O–H groups in total. The predicted molar refractivity (Wildman–Crippen MR) is 55.9 cm³/mol. The molecule has 5 heteroatoms. The molecule has 1 aliphatic rings. The largest absolute Gasteiger partial charge is 0.370 e. The maximum atomic E-state index is 11.2. The lowest BCUT2D eigenvalue weighted by Gasteiger charge is -2.07. The van der Waals surface area contributed by atoms with Gasteiger partial charge in [0.25, 0.3) is 0 Å². The van der Waals surface area contributed by atoms with Crippen LogP contribution < -0.4 is 16.4 Å². The van der Waals surface area contributed by atoms with Gasteiger partial charge in [0.1, 0.15) is 6.54 Å². The van der Waals surface area contributed by atoms with Crippen LogP contribution in [-0.2, 0) is 4.79 Å². The Morgan fingerprint density at radius 2 is 2.21 bits per heavy atom. The third-order valence-corrected chi connectivity index (χ3v) is 1.77. The molecule has 0 aromatic heterocycles. The van der Waals surface area contributed by atoms with Gasteiger partial charge in [0, 0.05) is 12.1 Å². The highest BCUT2D eigenvalue weighted by molar-refractivity contribution is 5.84. The van der Waals surface area contributed by atoms with Crippen LogP contribution in [0, 0.1) is 0 Å². The molecule has 0 saturated heterocycles. The Hall–Kier alpha value is -1.26. The summed E-state index contributed by atoms with van der Waals surface area (Å²) in [7, 11) is 0. The normalized spacial score (nSPS) is 16.9. The van der Waals surface area contributed by atoms with E-state index in [1.807, 2.05) is 13.8 Å². The van der Waals surface area contributed by atoms with E-state index >= 15 is 0 Å². The van der Waals surface area contributed by atoms with Crippen LogP contribution in [0.25, 0.3) is 0 Å². The summed E-state index contributed by atoms with van der Waals surface area (Å²) in [5.74, 6) is 0.270. The van der Waals surface area contributed by atoms with E-state index in [0.29, 0.717) is 12.0 Å². The zero-order valence-electron chi connectivity index (χ0n) is 8.71. The van der Waals surface area contributed by atoms with E-state index in [1.165, 1.54) is 0 Å². The minimum atomic E-state index is -0.0967. The van der Waals surface area contributed by atoms with Gasteiger partial charge in [0.05, 0.1) is 0 Å². The van der Waals surface area contributed by atoms with Crippen molar-refractivity contribution in [3.05, 3.63) is 0 Å². The lowest BCUT2D eigenvalue weighted by atomic mass is 10.4. The van der Waals surface area contributed by atoms with Gasteiger partial charge in [-0.15, -0.1) is 0 Å². The summed E-state index contributed by atoms with van der Waals surface area (Å²) in [6.45, 7) is 3.92. The summed E-state index contributed by atoms with van der Waals surface area (Å²) >= 11 is 0. The number of guanidine groups is 1. The topological polar surface area (TPSA) is 79.5 Å². The quantitative estimate of drug-likeness (QED) is 0.424. The minimum Gasteiger partial charge on any atom is -0.370 e. The van der Waals surface area contributed by atoms with Crippen molar-refractivity contribution < 1.29 is 4.79 Å². The summed E-state index contributed by atoms with van der Waals surface area (Å²) in [5, 5.41) is 5.75. The minimum absolute atomic E-state index is 0.0967. The Morgan fingerprint density at radius 3 is 2.71 bits per heavy atom. The third kappa shape index (κ3) is 4.69. The summed E-state index contributed by atoms with van der Waals surface area (Å²) < 4.78 is 0. The molecule has 1 saturated carbocycles. The molecule has 0 aromatic rings. The number of carbonyl (C=O) groups is 1. The number of aliphatic imine (C=N–C) groups is 1. The Kier molecular flexibility index (Phi) is 3.73. The van der Waals surface area contributed by atoms with E-state index in [9.17, 15) is 4.79 Å². The van der Waals surface area contributed by atoms with Gasteiger partial charge in [-0.3, -0.25) is 4.79 Å². The van der Waals surface area contributed by atoms with Crippen LogP contribution in [0.4, 0.5) is 0 Å². The molecule has 0 radical (unpaired) electrons. The van der Waals surface area contributed by atoms with Crippen LogP contribution in [-0.4, -0.2) is 30.5 Å². The summed E-state index contributed by atoms with van der Waals surface area (Å²) in [6, 6.07) is 0.627. The van der Waals surface area contributed by atoms with Gasteiger partial charge in [-0.2, -0.15) is 0 Å². The molecule has 1 rings (SSSR count). The number of hydrogen-bond donors (Lipinski definition) is 3. The van der Waals surface area contributed by atoms with Gasteiger partial charge in [-0.05, 0) is 26.7 Å². The van der Waals surface area contributed by atoms with Crippen LogP contribution in [0.15, 0.2) is 4.99 Å². The third-order valence-electron chi connectivity index (χ3n) is 1.77. The zero-order chi connectivity index (χ0) is 10.6. The molecule has 0 spiro atoms. The number of rotatable bonds is 4. The lowest BCUT2D eigenvalue weighted by Crippen LogP contribution is -2.36. The van der Waals surface area contributed by atoms with Gasteiger partial charge in [-0.1, -0.05) is 0 Å². The first kappa shape index (κ1) is 10.8. The number of nitrogens with one attached hydrogen (secondary N) is 2. The molecule has 0 unspecified atom stereocenters. The second-order valence-electron chi connectivity index (χ2n) is 3.84. The van der Waals surface area contributed by atoms with Crippen molar-refractivity contribution in [3.63, 3.8) is 0 Å². The number of hydrogen-bond acceptors (Lipinski definition) is 2. The van der Waals surface area contributed by atoms with Crippen LogP contribution in [0.3, 0.4) is 0 Å². The number of nitrogens with zero attached hydrogens (tertiary/aromatic N) is 1. The average molecular weight is 198 g/mol. The van der Waals surface area contributed by atoms with E-state index in [4.69, 9.17) is 5.73 Å². The Bertz CT molecular complexity index is 233. The van der Waals surface area contributed by atoms with Gasteiger partial charge >= 0.3 is 0 Å². The van der Waals surface area contributed by atoms with Gasteiger partial charge in [-0.25, -0.2) is 4.99 Å². The second kappa shape index (κ2) is 4.83. The molecule has 0 heterocycles. The molecule has 0 atom stereocenters. The monoisotopic (exact) mass is 198 g/mol. The second-order valence-corrected chi connectivity index (χ2v) is 3.84. The lowest BCUT2D eigenvalue weighted by molar-refractivity contribution is -0.120. The molecule has 14 heavy (non-hydrogen) atoms. The van der Waals surface area contributed by atoms with Crippen LogP contribution in [0.2, 0.25) is 0 Å². The van der Waals surface area contributed by atoms with Crippen molar-refractivity contribution in [1.29, 1.82) is 0 Å². The molecule has 0 bridgehead atoms. The van der Waals surface area contributed by atoms with E-state index in [2.05, 4.69) is 15.6 Å². The Labute approximate surface area is 84.1 Å². The molecular weight excluding hydrogens is 180 g/mol. The molecular formula is C9H18N4O. The smallest absolute Gasteiger partial charge is 0.242 e. The van der Waals surface area contributed by atoms with Crippen molar-refractivity contribution in [3.8, 4) is 0 Å². The van der Waals surface area contributed by atoms with Crippen molar-refractivity contribution in [1.82, 2.24) is 10.6 Å². The molecule has 1 amide bonds. The van der Waals surface area contributed by atoms with Crippen molar-refractivity contribution >= 4 is 11.9 Å². The zero-order valence-corrected chi connectivity index (χ0v) is 8.71. The van der Waals surface area contributed by atoms with Crippen LogP contribution in [0.1, 0.15) is 26.7 Å². The Balaban J connectivity index is 2.18. The van der Waals surface area contributed by atoms with E-state index in [0.717, 1.165) is 12.8 Å². The highest BCUT2D eigenvalue weighted by atomic mass is 16.1. The first-order chi connectivity index (χ1) is 6.58. The molecule has 0 aromatic carbocycles. The standard InChI is InChI=1S/C9H18N4O/c1-6(2)12-8(14)5-11-9(10)13-7-3-4-7/h6-7H,3-5H2,1-2H3,(H,12,14)(H3,10,11,13). The van der Waals surface area contributed by atoms with Crippen LogP contribution in [0.5, 0.6) is 0 Å². The maximum absolute atomic E-state index is 11.2. The number of amides is 1. The maximum Gasteiger partial charge on any atom is 0.242 e. The molecule has 5 nitrogen and oxygen atoms in total. The molecule has 1 fully saturated rings. The molecule has 80 valence electrons.